The van der Waals surface area contributed by atoms with E-state index in [1.54, 1.807) is 6.33 Å². The zero-order chi connectivity index (χ0) is 13.0. The van der Waals surface area contributed by atoms with Crippen molar-refractivity contribution in [3.63, 3.8) is 0 Å². The summed E-state index contributed by atoms with van der Waals surface area (Å²) in [5, 5.41) is 4.39. The molecule has 1 N–H and O–H groups in total. The Morgan fingerprint density at radius 1 is 1.56 bits per heavy atom. The molecule has 1 saturated carbocycles. The van der Waals surface area contributed by atoms with Gasteiger partial charge in [-0.1, -0.05) is 39.0 Å². The third kappa shape index (κ3) is 3.45. The van der Waals surface area contributed by atoms with Crippen molar-refractivity contribution in [2.45, 2.75) is 62.1 Å². The van der Waals surface area contributed by atoms with E-state index in [9.17, 15) is 0 Å². The van der Waals surface area contributed by atoms with Crippen LogP contribution in [0.25, 0.3) is 0 Å². The molecular weight excluding hydrogens is 262 g/mol. The Morgan fingerprint density at radius 2 is 2.39 bits per heavy atom. The van der Waals surface area contributed by atoms with Crippen molar-refractivity contribution in [2.75, 3.05) is 6.54 Å². The molecule has 0 amide bonds. The maximum atomic E-state index is 4.32. The lowest BCUT2D eigenvalue weighted by Crippen LogP contribution is -2.51. The van der Waals surface area contributed by atoms with Gasteiger partial charge in [0.05, 0.1) is 0 Å². The molecule has 0 radical (unpaired) electrons. The maximum absolute atomic E-state index is 4.32. The average molecular weight is 285 g/mol. The molecule has 2 unspecified atom stereocenters. The van der Waals surface area contributed by atoms with E-state index in [4.69, 9.17) is 0 Å². The third-order valence-corrected chi connectivity index (χ3v) is 5.82. The van der Waals surface area contributed by atoms with Crippen LogP contribution in [0.15, 0.2) is 10.7 Å². The van der Waals surface area contributed by atoms with Crippen molar-refractivity contribution in [1.82, 2.24) is 14.7 Å². The second kappa shape index (κ2) is 6.35. The molecule has 0 saturated heterocycles. The molecule has 18 heavy (non-hydrogen) atoms. The molecule has 1 aromatic rings. The second-order valence-corrected chi connectivity index (χ2v) is 7.94. The molecule has 3 nitrogen and oxygen atoms in total. The summed E-state index contributed by atoms with van der Waals surface area (Å²) in [7, 11) is 0. The highest BCUT2D eigenvalue weighted by atomic mass is 32.2. The molecule has 102 valence electrons. The molecule has 2 atom stereocenters. The molecule has 1 aromatic heterocycles. The predicted octanol–water partition coefficient (Wildman–Crippen LogP) is 3.58. The van der Waals surface area contributed by atoms with Gasteiger partial charge in [0, 0.05) is 11.3 Å². The molecular formula is C13H23N3S2. The lowest BCUT2D eigenvalue weighted by atomic mass is 9.73. The maximum Gasteiger partial charge on any atom is 0.170 e. The monoisotopic (exact) mass is 285 g/mol. The van der Waals surface area contributed by atoms with Crippen molar-refractivity contribution < 1.29 is 0 Å². The molecule has 0 bridgehead atoms. The van der Waals surface area contributed by atoms with Gasteiger partial charge >= 0.3 is 0 Å². The van der Waals surface area contributed by atoms with E-state index >= 15 is 0 Å². The zero-order valence-electron chi connectivity index (χ0n) is 11.5. The van der Waals surface area contributed by atoms with E-state index in [1.807, 2.05) is 11.8 Å². The average Bonchev–Trinajstić information content (AvgIpc) is 2.80. The molecule has 5 heteroatoms. The lowest BCUT2D eigenvalue weighted by Gasteiger charge is -2.44. The second-order valence-electron chi connectivity index (χ2n) is 5.68. The van der Waals surface area contributed by atoms with E-state index < -0.39 is 0 Å². The molecule has 1 aliphatic rings. The first-order chi connectivity index (χ1) is 8.63. The van der Waals surface area contributed by atoms with E-state index in [1.165, 1.54) is 37.2 Å². The SMILES string of the molecule is CCCNC1C(Sc2ncns2)CCCC1(C)C. The van der Waals surface area contributed by atoms with Crippen LogP contribution < -0.4 is 5.32 Å². The molecule has 2 rings (SSSR count). The summed E-state index contributed by atoms with van der Waals surface area (Å²) >= 11 is 3.43. The minimum absolute atomic E-state index is 0.385. The third-order valence-electron chi connectivity index (χ3n) is 3.73. The van der Waals surface area contributed by atoms with Crippen LogP contribution in [0.5, 0.6) is 0 Å². The number of nitrogens with zero attached hydrogens (tertiary/aromatic N) is 2. The Balaban J connectivity index is 2.05. The van der Waals surface area contributed by atoms with Crippen molar-refractivity contribution >= 4 is 23.3 Å². The van der Waals surface area contributed by atoms with Gasteiger partial charge in [-0.3, -0.25) is 0 Å². The number of rotatable bonds is 5. The molecule has 0 aromatic carbocycles. The highest BCUT2D eigenvalue weighted by molar-refractivity contribution is 8.01. The fourth-order valence-electron chi connectivity index (χ4n) is 2.76. The summed E-state index contributed by atoms with van der Waals surface area (Å²) in [6.07, 6.45) is 6.79. The highest BCUT2D eigenvalue weighted by Crippen LogP contribution is 2.42. The first-order valence-electron chi connectivity index (χ1n) is 6.80. The molecule has 0 spiro atoms. The normalized spacial score (nSPS) is 27.3. The number of nitrogens with one attached hydrogen (secondary N) is 1. The smallest absolute Gasteiger partial charge is 0.170 e. The fraction of sp³-hybridized carbons (Fsp3) is 0.846. The quantitative estimate of drug-likeness (QED) is 0.897. The van der Waals surface area contributed by atoms with Gasteiger partial charge < -0.3 is 5.32 Å². The number of hydrogen-bond donors (Lipinski definition) is 1. The number of aromatic nitrogens is 2. The Bertz CT molecular complexity index is 351. The van der Waals surface area contributed by atoms with E-state index in [-0.39, 0.29) is 0 Å². The van der Waals surface area contributed by atoms with Crippen LogP contribution in [-0.4, -0.2) is 27.2 Å². The topological polar surface area (TPSA) is 37.8 Å². The van der Waals surface area contributed by atoms with Crippen LogP contribution in [-0.2, 0) is 0 Å². The Kier molecular flexibility index (Phi) is 5.04. The van der Waals surface area contributed by atoms with Crippen molar-refractivity contribution in [3.8, 4) is 0 Å². The van der Waals surface area contributed by atoms with Crippen LogP contribution in [0, 0.1) is 5.41 Å². The Hall–Kier alpha value is -0.130. The summed E-state index contributed by atoms with van der Waals surface area (Å²) in [6, 6.07) is 0.583. The summed E-state index contributed by atoms with van der Waals surface area (Å²) in [5.74, 6) is 0. The van der Waals surface area contributed by atoms with Crippen LogP contribution in [0.4, 0.5) is 0 Å². The van der Waals surface area contributed by atoms with Gasteiger partial charge in [-0.05, 0) is 42.8 Å². The van der Waals surface area contributed by atoms with Crippen molar-refractivity contribution in [2.24, 2.45) is 5.41 Å². The lowest BCUT2D eigenvalue weighted by molar-refractivity contribution is 0.175. The highest BCUT2D eigenvalue weighted by Gasteiger charge is 2.39. The van der Waals surface area contributed by atoms with Crippen LogP contribution in [0.3, 0.4) is 0 Å². The van der Waals surface area contributed by atoms with Gasteiger partial charge in [0.1, 0.15) is 6.33 Å². The summed E-state index contributed by atoms with van der Waals surface area (Å²) < 4.78 is 5.21. The van der Waals surface area contributed by atoms with E-state index in [0.717, 1.165) is 10.9 Å². The minimum Gasteiger partial charge on any atom is -0.312 e. The summed E-state index contributed by atoms with van der Waals surface area (Å²) in [4.78, 5) is 4.32. The Morgan fingerprint density at radius 3 is 3.06 bits per heavy atom. The van der Waals surface area contributed by atoms with Gasteiger partial charge in [-0.2, -0.15) is 4.37 Å². The van der Waals surface area contributed by atoms with Gasteiger partial charge in [0.2, 0.25) is 0 Å². The van der Waals surface area contributed by atoms with Crippen molar-refractivity contribution in [1.29, 1.82) is 0 Å². The molecule has 1 aliphatic carbocycles. The standard InChI is InChI=1S/C13H23N3S2/c1-4-8-14-11-10(6-5-7-13(11,2)3)17-12-15-9-16-18-12/h9-11,14H,4-8H2,1-3H3. The summed E-state index contributed by atoms with van der Waals surface area (Å²) in [5.41, 5.74) is 0.385. The first kappa shape index (κ1) is 14.3. The molecule has 1 fully saturated rings. The van der Waals surface area contributed by atoms with Crippen LogP contribution >= 0.6 is 23.3 Å². The molecule has 1 heterocycles. The Labute approximate surface area is 118 Å². The summed E-state index contributed by atoms with van der Waals surface area (Å²) in [6.45, 7) is 8.14. The minimum atomic E-state index is 0.385. The number of thioether (sulfide) groups is 1. The van der Waals surface area contributed by atoms with Gasteiger partial charge in [-0.25, -0.2) is 4.98 Å². The van der Waals surface area contributed by atoms with Gasteiger partial charge in [0.15, 0.2) is 4.34 Å². The zero-order valence-corrected chi connectivity index (χ0v) is 13.1. The number of hydrogen-bond acceptors (Lipinski definition) is 5. The van der Waals surface area contributed by atoms with Crippen LogP contribution in [0.2, 0.25) is 0 Å². The van der Waals surface area contributed by atoms with Gasteiger partial charge in [-0.15, -0.1) is 0 Å². The van der Waals surface area contributed by atoms with E-state index in [0.29, 0.717) is 16.7 Å². The largest absolute Gasteiger partial charge is 0.312 e. The fourth-order valence-corrected chi connectivity index (χ4v) is 4.97. The molecule has 0 aliphatic heterocycles. The van der Waals surface area contributed by atoms with Crippen LogP contribution in [0.1, 0.15) is 46.5 Å². The first-order valence-corrected chi connectivity index (χ1v) is 8.45. The van der Waals surface area contributed by atoms with Gasteiger partial charge in [0.25, 0.3) is 0 Å². The predicted molar refractivity (Wildman–Crippen MR) is 79.3 cm³/mol. The van der Waals surface area contributed by atoms with E-state index in [2.05, 4.69) is 35.4 Å². The van der Waals surface area contributed by atoms with Crippen molar-refractivity contribution in [3.05, 3.63) is 6.33 Å².